The molecule has 1 aromatic carbocycles. The van der Waals surface area contributed by atoms with Crippen LogP contribution in [0.3, 0.4) is 0 Å². The maximum absolute atomic E-state index is 13.5. The van der Waals surface area contributed by atoms with Gasteiger partial charge in [0, 0.05) is 37.0 Å². The molecule has 2 saturated carbocycles. The van der Waals surface area contributed by atoms with Gasteiger partial charge in [-0.25, -0.2) is 4.39 Å². The molecule has 4 atom stereocenters. The smallest absolute Gasteiger partial charge is 0.294 e. The summed E-state index contributed by atoms with van der Waals surface area (Å²) in [6, 6.07) is 4.09. The molecule has 8 heteroatoms. The Morgan fingerprint density at radius 1 is 1.15 bits per heavy atom. The molecule has 2 aromatic rings. The molecular formula is C25H30FN3O4. The lowest BCUT2D eigenvalue weighted by Crippen LogP contribution is -2.47. The van der Waals surface area contributed by atoms with Crippen LogP contribution in [0.1, 0.15) is 56.9 Å². The molecule has 0 radical (unpaired) electrons. The molecule has 33 heavy (non-hydrogen) atoms. The van der Waals surface area contributed by atoms with Gasteiger partial charge in [-0.05, 0) is 81.2 Å². The van der Waals surface area contributed by atoms with Crippen LogP contribution in [0.5, 0.6) is 0 Å². The van der Waals surface area contributed by atoms with Crippen LogP contribution in [-0.4, -0.2) is 39.9 Å². The Labute approximate surface area is 192 Å². The molecule has 0 aliphatic heterocycles. The number of carbonyl (C=O) groups is 3. The zero-order valence-electron chi connectivity index (χ0n) is 19.4. The fourth-order valence-electron chi connectivity index (χ4n) is 5.77. The molecule has 2 fully saturated rings. The largest absolute Gasteiger partial charge is 0.396 e. The van der Waals surface area contributed by atoms with Crippen molar-refractivity contribution in [3.05, 3.63) is 52.1 Å². The van der Waals surface area contributed by atoms with Crippen molar-refractivity contribution in [1.29, 1.82) is 0 Å². The van der Waals surface area contributed by atoms with Crippen LogP contribution >= 0.6 is 0 Å². The highest BCUT2D eigenvalue weighted by Crippen LogP contribution is 2.48. The van der Waals surface area contributed by atoms with E-state index in [9.17, 15) is 23.9 Å². The summed E-state index contributed by atoms with van der Waals surface area (Å²) in [7, 11) is 1.65. The van der Waals surface area contributed by atoms with Crippen LogP contribution in [-0.2, 0) is 11.8 Å². The molecule has 2 aliphatic rings. The van der Waals surface area contributed by atoms with E-state index >= 15 is 0 Å². The van der Waals surface area contributed by atoms with Gasteiger partial charge < -0.3 is 20.3 Å². The van der Waals surface area contributed by atoms with Crippen LogP contribution < -0.4 is 10.6 Å². The molecular weight excluding hydrogens is 425 g/mol. The van der Waals surface area contributed by atoms with E-state index in [1.54, 1.807) is 32.4 Å². The van der Waals surface area contributed by atoms with E-state index < -0.39 is 17.6 Å². The number of fused-ring (bicyclic) bond motifs is 2. The molecule has 1 aromatic heterocycles. The van der Waals surface area contributed by atoms with Gasteiger partial charge in [-0.1, -0.05) is 0 Å². The molecule has 0 unspecified atom stereocenters. The average Bonchev–Trinajstić information content (AvgIpc) is 3.43. The number of nitrogens with zero attached hydrogens (tertiary/aromatic N) is 1. The van der Waals surface area contributed by atoms with Crippen molar-refractivity contribution in [2.75, 3.05) is 11.9 Å². The van der Waals surface area contributed by atoms with Crippen LogP contribution in [0.2, 0.25) is 0 Å². The highest BCUT2D eigenvalue weighted by molar-refractivity contribution is 6.43. The first-order valence-electron chi connectivity index (χ1n) is 11.3. The van der Waals surface area contributed by atoms with Crippen LogP contribution in [0.25, 0.3) is 0 Å². The molecule has 4 rings (SSSR count). The minimum absolute atomic E-state index is 0.00419. The monoisotopic (exact) mass is 455 g/mol. The summed E-state index contributed by atoms with van der Waals surface area (Å²) in [5.41, 5.74) is 2.28. The van der Waals surface area contributed by atoms with Crippen molar-refractivity contribution < 1.29 is 23.9 Å². The predicted octanol–water partition coefficient (Wildman–Crippen LogP) is 3.05. The Morgan fingerprint density at radius 2 is 1.85 bits per heavy atom. The third kappa shape index (κ3) is 3.97. The van der Waals surface area contributed by atoms with E-state index in [1.807, 2.05) is 0 Å². The van der Waals surface area contributed by atoms with Gasteiger partial charge in [-0.2, -0.15) is 0 Å². The number of Topliss-reactive ketones (excluding diaryl/α,β-unsaturated/α-hetero) is 1. The van der Waals surface area contributed by atoms with Gasteiger partial charge in [-0.15, -0.1) is 0 Å². The Hall–Kier alpha value is -3.00. The number of halogens is 1. The van der Waals surface area contributed by atoms with Gasteiger partial charge >= 0.3 is 0 Å². The molecule has 7 nitrogen and oxygen atoms in total. The molecule has 2 aliphatic carbocycles. The SMILES string of the molecule is Cc1cc(NC(=O)c2c(C)c(C(=O)C(=O)N[C@H]3[C@@H]4CC[C@@H](C4)[C@H]3CO)n(C)c2C)ccc1F. The van der Waals surface area contributed by atoms with Crippen LogP contribution in [0.15, 0.2) is 18.2 Å². The molecule has 0 spiro atoms. The summed E-state index contributed by atoms with van der Waals surface area (Å²) in [5.74, 6) is -1.54. The van der Waals surface area contributed by atoms with Crippen molar-refractivity contribution in [1.82, 2.24) is 9.88 Å². The summed E-state index contributed by atoms with van der Waals surface area (Å²) >= 11 is 0. The average molecular weight is 456 g/mol. The number of hydrogen-bond donors (Lipinski definition) is 3. The Kier molecular flexibility index (Phi) is 6.14. The van der Waals surface area contributed by atoms with Gasteiger partial charge in [0.05, 0.1) is 11.3 Å². The lowest BCUT2D eigenvalue weighted by molar-refractivity contribution is -0.118. The number of carbonyl (C=O) groups excluding carboxylic acids is 3. The summed E-state index contributed by atoms with van der Waals surface area (Å²) in [5, 5.41) is 15.4. The number of aromatic nitrogens is 1. The number of ketones is 1. The molecule has 1 heterocycles. The van der Waals surface area contributed by atoms with Gasteiger partial charge in [-0.3, -0.25) is 14.4 Å². The quantitative estimate of drug-likeness (QED) is 0.460. The van der Waals surface area contributed by atoms with Crippen molar-refractivity contribution in [2.24, 2.45) is 24.8 Å². The van der Waals surface area contributed by atoms with E-state index in [-0.39, 0.29) is 30.1 Å². The summed E-state index contributed by atoms with van der Waals surface area (Å²) in [6.07, 6.45) is 3.02. The minimum atomic E-state index is -0.712. The minimum Gasteiger partial charge on any atom is -0.396 e. The van der Waals surface area contributed by atoms with Gasteiger partial charge in [0.2, 0.25) is 0 Å². The lowest BCUT2D eigenvalue weighted by Gasteiger charge is -2.30. The predicted molar refractivity (Wildman–Crippen MR) is 122 cm³/mol. The number of aryl methyl sites for hydroxylation is 1. The number of aliphatic hydroxyl groups is 1. The van der Waals surface area contributed by atoms with E-state index in [2.05, 4.69) is 10.6 Å². The third-order valence-electron chi connectivity index (χ3n) is 7.59. The second-order valence-electron chi connectivity index (χ2n) is 9.42. The Bertz CT molecular complexity index is 1140. The number of aliphatic hydroxyl groups excluding tert-OH is 1. The first-order valence-corrected chi connectivity index (χ1v) is 11.3. The number of hydrogen-bond acceptors (Lipinski definition) is 4. The lowest BCUT2D eigenvalue weighted by atomic mass is 9.85. The summed E-state index contributed by atoms with van der Waals surface area (Å²) < 4.78 is 15.1. The van der Waals surface area contributed by atoms with Gasteiger partial charge in [0.15, 0.2) is 0 Å². The maximum atomic E-state index is 13.5. The van der Waals surface area contributed by atoms with E-state index in [4.69, 9.17) is 0 Å². The number of nitrogens with one attached hydrogen (secondary N) is 2. The van der Waals surface area contributed by atoms with Crippen molar-refractivity contribution in [3.63, 3.8) is 0 Å². The molecule has 2 bridgehead atoms. The van der Waals surface area contributed by atoms with Gasteiger partial charge in [0.25, 0.3) is 17.6 Å². The zero-order valence-corrected chi connectivity index (χ0v) is 19.4. The van der Waals surface area contributed by atoms with E-state index in [0.717, 1.165) is 19.3 Å². The topological polar surface area (TPSA) is 100 Å². The van der Waals surface area contributed by atoms with Gasteiger partial charge in [0.1, 0.15) is 5.82 Å². The number of amides is 2. The van der Waals surface area contributed by atoms with Crippen LogP contribution in [0, 0.1) is 44.3 Å². The first-order chi connectivity index (χ1) is 15.6. The molecule has 176 valence electrons. The highest BCUT2D eigenvalue weighted by Gasteiger charge is 2.48. The maximum Gasteiger partial charge on any atom is 0.294 e. The van der Waals surface area contributed by atoms with E-state index in [0.29, 0.717) is 39.9 Å². The van der Waals surface area contributed by atoms with Crippen molar-refractivity contribution in [3.8, 4) is 0 Å². The summed E-state index contributed by atoms with van der Waals surface area (Å²) in [6.45, 7) is 4.96. The fraction of sp³-hybridized carbons (Fsp3) is 0.480. The molecule has 2 amide bonds. The molecule has 3 N–H and O–H groups in total. The number of anilines is 1. The fourth-order valence-corrected chi connectivity index (χ4v) is 5.77. The normalized spacial score (nSPS) is 23.6. The Morgan fingerprint density at radius 3 is 2.52 bits per heavy atom. The second-order valence-corrected chi connectivity index (χ2v) is 9.42. The van der Waals surface area contributed by atoms with Crippen molar-refractivity contribution in [2.45, 2.75) is 46.1 Å². The highest BCUT2D eigenvalue weighted by atomic mass is 19.1. The number of benzene rings is 1. The standard InChI is InChI=1S/C25H30FN3O4/c1-12-9-17(7-8-19(12)26)27-24(32)20-13(2)22(29(4)14(20)3)23(31)25(33)28-21-16-6-5-15(10-16)18(21)11-30/h7-9,15-16,18,21,30H,5-6,10-11H2,1-4H3,(H,27,32)(H,28,33)/t15-,16+,18+,21-/m0/s1. The second kappa shape index (κ2) is 8.74. The summed E-state index contributed by atoms with van der Waals surface area (Å²) in [4.78, 5) is 39.0. The molecule has 0 saturated heterocycles. The zero-order chi connectivity index (χ0) is 24.0. The first kappa shape index (κ1) is 23.2. The van der Waals surface area contributed by atoms with Crippen LogP contribution in [0.4, 0.5) is 10.1 Å². The number of rotatable bonds is 6. The third-order valence-corrected chi connectivity index (χ3v) is 7.59. The Balaban J connectivity index is 1.55. The van der Waals surface area contributed by atoms with Crippen molar-refractivity contribution >= 4 is 23.3 Å². The van der Waals surface area contributed by atoms with E-state index in [1.165, 1.54) is 18.2 Å².